The number of hydrogen-bond acceptors (Lipinski definition) is 2. The van der Waals surface area contributed by atoms with Crippen LogP contribution < -0.4 is 5.32 Å². The molecule has 1 aliphatic rings. The first-order chi connectivity index (χ1) is 9.81. The normalized spacial score (nSPS) is 13.2. The van der Waals surface area contributed by atoms with Gasteiger partial charge in [0.25, 0.3) is 0 Å². The molecule has 0 unspecified atom stereocenters. The second-order valence-corrected chi connectivity index (χ2v) is 5.73. The average Bonchev–Trinajstić information content (AvgIpc) is 2.50. The Balaban J connectivity index is 2.07. The fraction of sp³-hybridized carbons (Fsp3) is 0.118. The van der Waals surface area contributed by atoms with Gasteiger partial charge < -0.3 is 5.32 Å². The van der Waals surface area contributed by atoms with Gasteiger partial charge in [0, 0.05) is 16.3 Å². The van der Waals surface area contributed by atoms with Gasteiger partial charge in [-0.1, -0.05) is 54.2 Å². The minimum absolute atomic E-state index is 0.0325. The molecule has 2 aromatic rings. The van der Waals surface area contributed by atoms with Gasteiger partial charge in [-0.3, -0.25) is 4.79 Å². The van der Waals surface area contributed by atoms with E-state index in [0.29, 0.717) is 6.54 Å². The molecule has 100 valence electrons. The molecular weight excluding hydrogens is 266 g/mol. The molecule has 20 heavy (non-hydrogen) atoms. The molecule has 3 heteroatoms. The zero-order valence-electron chi connectivity index (χ0n) is 11.0. The molecule has 1 amide bonds. The maximum Gasteiger partial charge on any atom is 0.232 e. The lowest BCUT2D eigenvalue weighted by Crippen LogP contribution is -2.31. The molecule has 2 aromatic carbocycles. The van der Waals surface area contributed by atoms with Crippen molar-refractivity contribution in [2.24, 2.45) is 0 Å². The van der Waals surface area contributed by atoms with Gasteiger partial charge in [0.2, 0.25) is 5.91 Å². The lowest BCUT2D eigenvalue weighted by atomic mass is 9.90. The first-order valence-corrected chi connectivity index (χ1v) is 7.37. The van der Waals surface area contributed by atoms with Crippen molar-refractivity contribution >= 4 is 17.7 Å². The fourth-order valence-corrected chi connectivity index (χ4v) is 3.60. The molecule has 0 aromatic heterocycles. The number of rotatable bonds is 3. The summed E-state index contributed by atoms with van der Waals surface area (Å²) in [6.45, 7) is 4.14. The summed E-state index contributed by atoms with van der Waals surface area (Å²) in [4.78, 5) is 14.8. The lowest BCUT2D eigenvalue weighted by Gasteiger charge is -2.26. The molecule has 1 N–H and O–H groups in total. The first kappa shape index (κ1) is 13.0. The Morgan fingerprint density at radius 2 is 1.65 bits per heavy atom. The summed E-state index contributed by atoms with van der Waals surface area (Å²) < 4.78 is 0. The van der Waals surface area contributed by atoms with Crippen molar-refractivity contribution < 1.29 is 4.79 Å². The second-order valence-electron chi connectivity index (χ2n) is 4.64. The van der Waals surface area contributed by atoms with Crippen LogP contribution in [0.5, 0.6) is 0 Å². The molecule has 1 heterocycles. The van der Waals surface area contributed by atoms with E-state index in [0.717, 1.165) is 20.9 Å². The number of amides is 1. The molecule has 3 rings (SSSR count). The zero-order chi connectivity index (χ0) is 13.9. The molecule has 0 radical (unpaired) electrons. The Hall–Kier alpha value is -2.00. The summed E-state index contributed by atoms with van der Waals surface area (Å²) in [7, 11) is 0. The molecule has 0 aliphatic carbocycles. The molecule has 0 saturated carbocycles. The Labute approximate surface area is 122 Å². The Kier molecular flexibility index (Phi) is 3.61. The van der Waals surface area contributed by atoms with Gasteiger partial charge in [0.05, 0.1) is 5.92 Å². The fourth-order valence-electron chi connectivity index (χ4n) is 2.47. The van der Waals surface area contributed by atoms with Crippen molar-refractivity contribution in [1.82, 2.24) is 5.32 Å². The van der Waals surface area contributed by atoms with E-state index in [4.69, 9.17) is 0 Å². The number of nitrogens with one attached hydrogen (secondary N) is 1. The van der Waals surface area contributed by atoms with Gasteiger partial charge in [0.15, 0.2) is 0 Å². The van der Waals surface area contributed by atoms with Gasteiger partial charge in [-0.2, -0.15) is 0 Å². The Morgan fingerprint density at radius 1 is 1.10 bits per heavy atom. The van der Waals surface area contributed by atoms with Gasteiger partial charge >= 0.3 is 0 Å². The SMILES string of the molecule is C=CCNC(=O)C1c2ccccc2Sc2ccccc21. The van der Waals surface area contributed by atoms with E-state index in [1.807, 2.05) is 36.4 Å². The third kappa shape index (κ3) is 2.25. The van der Waals surface area contributed by atoms with Crippen LogP contribution in [0.4, 0.5) is 0 Å². The standard InChI is InChI=1S/C17H15NOS/c1-2-11-18-17(19)16-12-7-3-5-9-14(12)20-15-10-6-4-8-13(15)16/h2-10,16H,1,11H2,(H,18,19). The van der Waals surface area contributed by atoms with Crippen LogP contribution >= 0.6 is 11.8 Å². The summed E-state index contributed by atoms with van der Waals surface area (Å²) in [6, 6.07) is 16.2. The maximum atomic E-state index is 12.5. The van der Waals surface area contributed by atoms with Crippen LogP contribution in [0.1, 0.15) is 17.0 Å². The quantitative estimate of drug-likeness (QED) is 0.871. The van der Waals surface area contributed by atoms with E-state index in [9.17, 15) is 4.79 Å². The van der Waals surface area contributed by atoms with Gasteiger partial charge in [-0.15, -0.1) is 6.58 Å². The van der Waals surface area contributed by atoms with E-state index in [2.05, 4.69) is 24.0 Å². The number of fused-ring (bicyclic) bond motifs is 2. The highest BCUT2D eigenvalue weighted by Gasteiger charge is 2.30. The Bertz CT molecular complexity index is 620. The number of hydrogen-bond donors (Lipinski definition) is 1. The monoisotopic (exact) mass is 281 g/mol. The average molecular weight is 281 g/mol. The van der Waals surface area contributed by atoms with Crippen molar-refractivity contribution in [3.8, 4) is 0 Å². The van der Waals surface area contributed by atoms with Crippen LogP contribution in [0.2, 0.25) is 0 Å². The molecule has 0 spiro atoms. The lowest BCUT2D eigenvalue weighted by molar-refractivity contribution is -0.121. The van der Waals surface area contributed by atoms with E-state index in [1.165, 1.54) is 0 Å². The summed E-state index contributed by atoms with van der Waals surface area (Å²) >= 11 is 1.73. The third-order valence-corrected chi connectivity index (χ3v) is 4.55. The smallest absolute Gasteiger partial charge is 0.232 e. The topological polar surface area (TPSA) is 29.1 Å². The van der Waals surface area contributed by atoms with Crippen LogP contribution in [0.15, 0.2) is 71.0 Å². The molecule has 2 nitrogen and oxygen atoms in total. The molecule has 1 aliphatic heterocycles. The van der Waals surface area contributed by atoms with Crippen LogP contribution in [-0.4, -0.2) is 12.5 Å². The van der Waals surface area contributed by atoms with E-state index in [-0.39, 0.29) is 11.8 Å². The molecular formula is C17H15NOS. The minimum atomic E-state index is -0.233. The van der Waals surface area contributed by atoms with Crippen LogP contribution in [0.3, 0.4) is 0 Å². The van der Waals surface area contributed by atoms with Crippen LogP contribution in [0.25, 0.3) is 0 Å². The molecule has 0 atom stereocenters. The summed E-state index contributed by atoms with van der Waals surface area (Å²) in [5.74, 6) is -0.200. The Morgan fingerprint density at radius 3 is 2.20 bits per heavy atom. The van der Waals surface area contributed by atoms with Crippen LogP contribution in [0, 0.1) is 0 Å². The highest BCUT2D eigenvalue weighted by Crippen LogP contribution is 2.45. The predicted molar refractivity (Wildman–Crippen MR) is 82.1 cm³/mol. The van der Waals surface area contributed by atoms with Gasteiger partial charge in [-0.05, 0) is 23.3 Å². The molecule has 0 bridgehead atoms. The van der Waals surface area contributed by atoms with E-state index in [1.54, 1.807) is 17.8 Å². The molecule has 0 saturated heterocycles. The van der Waals surface area contributed by atoms with Crippen molar-refractivity contribution in [2.45, 2.75) is 15.7 Å². The summed E-state index contributed by atoms with van der Waals surface area (Å²) in [5.41, 5.74) is 2.16. The van der Waals surface area contributed by atoms with Gasteiger partial charge in [-0.25, -0.2) is 0 Å². The van der Waals surface area contributed by atoms with Crippen LogP contribution in [-0.2, 0) is 4.79 Å². The van der Waals surface area contributed by atoms with Crippen molar-refractivity contribution in [3.05, 3.63) is 72.3 Å². The van der Waals surface area contributed by atoms with E-state index >= 15 is 0 Å². The number of carbonyl (C=O) groups excluding carboxylic acids is 1. The van der Waals surface area contributed by atoms with Crippen molar-refractivity contribution in [1.29, 1.82) is 0 Å². The largest absolute Gasteiger partial charge is 0.352 e. The van der Waals surface area contributed by atoms with E-state index < -0.39 is 0 Å². The van der Waals surface area contributed by atoms with Crippen molar-refractivity contribution in [3.63, 3.8) is 0 Å². The van der Waals surface area contributed by atoms with Crippen molar-refractivity contribution in [2.75, 3.05) is 6.54 Å². The minimum Gasteiger partial charge on any atom is -0.352 e. The highest BCUT2D eigenvalue weighted by molar-refractivity contribution is 7.99. The molecule has 0 fully saturated rings. The summed E-state index contributed by atoms with van der Waals surface area (Å²) in [6.07, 6.45) is 1.70. The maximum absolute atomic E-state index is 12.5. The second kappa shape index (κ2) is 5.55. The van der Waals surface area contributed by atoms with Gasteiger partial charge in [0.1, 0.15) is 0 Å². The third-order valence-electron chi connectivity index (χ3n) is 3.36. The first-order valence-electron chi connectivity index (χ1n) is 6.55. The number of carbonyl (C=O) groups is 1. The highest BCUT2D eigenvalue weighted by atomic mass is 32.2. The predicted octanol–water partition coefficient (Wildman–Crippen LogP) is 3.59. The summed E-state index contributed by atoms with van der Waals surface area (Å²) in [5, 5.41) is 2.92. The zero-order valence-corrected chi connectivity index (χ0v) is 11.8. The number of benzene rings is 2.